The van der Waals surface area contributed by atoms with Gasteiger partial charge in [-0.2, -0.15) is 4.98 Å². The molecular weight excluding hydrogens is 392 g/mol. The molecule has 2 aromatic carbocycles. The number of para-hydroxylation sites is 1. The first-order valence-corrected chi connectivity index (χ1v) is 10.9. The Labute approximate surface area is 181 Å². The molecule has 4 aromatic rings. The first kappa shape index (κ1) is 19.7. The van der Waals surface area contributed by atoms with Crippen molar-refractivity contribution >= 4 is 28.1 Å². The number of anilines is 1. The maximum Gasteiger partial charge on any atom is 0.295 e. The number of rotatable bonds is 7. The van der Waals surface area contributed by atoms with Gasteiger partial charge in [0.1, 0.15) is 5.52 Å². The van der Waals surface area contributed by atoms with Crippen LogP contribution in [0.5, 0.6) is 11.5 Å². The molecule has 1 saturated carbocycles. The number of benzene rings is 2. The van der Waals surface area contributed by atoms with E-state index in [9.17, 15) is 0 Å². The summed E-state index contributed by atoms with van der Waals surface area (Å²) >= 11 is 0. The van der Waals surface area contributed by atoms with Crippen LogP contribution in [0.1, 0.15) is 37.7 Å². The normalized spacial score (nSPS) is 14.9. The van der Waals surface area contributed by atoms with E-state index >= 15 is 0 Å². The average Bonchev–Trinajstić information content (AvgIpc) is 3.41. The fraction of sp³-hybridized carbons (Fsp3) is 0.417. The van der Waals surface area contributed by atoms with Gasteiger partial charge in [-0.05, 0) is 24.8 Å². The third-order valence-electron chi connectivity index (χ3n) is 6.24. The number of nitrogens with one attached hydrogen (secondary N) is 1. The van der Waals surface area contributed by atoms with E-state index in [-0.39, 0.29) is 0 Å². The van der Waals surface area contributed by atoms with Crippen molar-refractivity contribution in [2.45, 2.75) is 38.6 Å². The van der Waals surface area contributed by atoms with Crippen LogP contribution in [0.15, 0.2) is 41.1 Å². The van der Waals surface area contributed by atoms with Crippen molar-refractivity contribution in [1.82, 2.24) is 14.5 Å². The number of methoxy groups -OCH3 is 2. The molecule has 0 amide bonds. The first-order valence-electron chi connectivity index (χ1n) is 10.9. The second-order valence-corrected chi connectivity index (χ2v) is 8.24. The van der Waals surface area contributed by atoms with Gasteiger partial charge in [0, 0.05) is 24.2 Å². The number of aromatic nitrogens is 3. The summed E-state index contributed by atoms with van der Waals surface area (Å²) in [6.45, 7) is 1.56. The summed E-state index contributed by atoms with van der Waals surface area (Å²) in [4.78, 5) is 9.30. The Morgan fingerprint density at radius 2 is 1.90 bits per heavy atom. The number of hydrogen-bond acceptors (Lipinski definition) is 6. The summed E-state index contributed by atoms with van der Waals surface area (Å²) in [5.74, 6) is 2.07. The van der Waals surface area contributed by atoms with Gasteiger partial charge in [0.15, 0.2) is 17.1 Å². The second-order valence-electron chi connectivity index (χ2n) is 8.24. The zero-order chi connectivity index (χ0) is 21.2. The Morgan fingerprint density at radius 1 is 1.10 bits per heavy atom. The number of oxazole rings is 1. The van der Waals surface area contributed by atoms with Crippen LogP contribution < -0.4 is 14.8 Å². The molecule has 0 radical (unpaired) electrons. The maximum absolute atomic E-state index is 5.99. The molecule has 1 fully saturated rings. The molecule has 0 saturated heterocycles. The van der Waals surface area contributed by atoms with Crippen molar-refractivity contribution in [3.05, 3.63) is 42.2 Å². The molecule has 31 heavy (non-hydrogen) atoms. The van der Waals surface area contributed by atoms with Crippen molar-refractivity contribution in [2.75, 3.05) is 26.1 Å². The van der Waals surface area contributed by atoms with E-state index in [1.165, 1.54) is 32.1 Å². The number of nitrogens with zero attached hydrogens (tertiary/aromatic N) is 3. The predicted octanol–water partition coefficient (Wildman–Crippen LogP) is 5.24. The smallest absolute Gasteiger partial charge is 0.295 e. The molecule has 5 rings (SSSR count). The molecule has 2 heterocycles. The molecule has 1 aliphatic carbocycles. The Bertz CT molecular complexity index is 1190. The van der Waals surface area contributed by atoms with Crippen molar-refractivity contribution in [1.29, 1.82) is 0 Å². The van der Waals surface area contributed by atoms with E-state index in [1.807, 2.05) is 30.6 Å². The standard InChI is InChI=1S/C24H28N4O3/c1-29-21-11-18-19(12-22(21)30-2)28(15-26-18)14-17-9-6-10-20-23(17)27-24(31-20)25-13-16-7-4-3-5-8-16/h6,9-12,15-16H,3-5,7-8,13-14H2,1-2H3,(H,25,27). The Morgan fingerprint density at radius 3 is 2.71 bits per heavy atom. The number of imidazole rings is 1. The van der Waals surface area contributed by atoms with E-state index in [1.54, 1.807) is 14.2 Å². The van der Waals surface area contributed by atoms with Gasteiger partial charge in [-0.1, -0.05) is 31.4 Å². The minimum Gasteiger partial charge on any atom is -0.493 e. The van der Waals surface area contributed by atoms with E-state index in [2.05, 4.69) is 20.9 Å². The zero-order valence-electron chi connectivity index (χ0n) is 18.1. The largest absolute Gasteiger partial charge is 0.493 e. The molecular formula is C24H28N4O3. The van der Waals surface area contributed by atoms with Gasteiger partial charge in [-0.3, -0.25) is 0 Å². The van der Waals surface area contributed by atoms with Crippen LogP contribution in [0.2, 0.25) is 0 Å². The van der Waals surface area contributed by atoms with Gasteiger partial charge in [0.05, 0.1) is 38.1 Å². The molecule has 0 aliphatic heterocycles. The van der Waals surface area contributed by atoms with Gasteiger partial charge in [-0.15, -0.1) is 0 Å². The lowest BCUT2D eigenvalue weighted by Crippen LogP contribution is -2.17. The lowest BCUT2D eigenvalue weighted by molar-refractivity contribution is 0.355. The summed E-state index contributed by atoms with van der Waals surface area (Å²) in [5.41, 5.74) is 4.61. The van der Waals surface area contributed by atoms with E-state index in [4.69, 9.17) is 18.9 Å². The van der Waals surface area contributed by atoms with Crippen LogP contribution in [0.25, 0.3) is 22.1 Å². The van der Waals surface area contributed by atoms with Gasteiger partial charge in [0.2, 0.25) is 0 Å². The third kappa shape index (κ3) is 3.92. The second kappa shape index (κ2) is 8.49. The van der Waals surface area contributed by atoms with E-state index in [0.29, 0.717) is 30.0 Å². The quantitative estimate of drug-likeness (QED) is 0.441. The van der Waals surface area contributed by atoms with Crippen LogP contribution in [0, 0.1) is 5.92 Å². The molecule has 162 valence electrons. The van der Waals surface area contributed by atoms with Crippen LogP contribution in [-0.4, -0.2) is 35.3 Å². The lowest BCUT2D eigenvalue weighted by Gasteiger charge is -2.21. The van der Waals surface area contributed by atoms with Crippen molar-refractivity contribution in [3.8, 4) is 11.5 Å². The molecule has 0 unspecified atom stereocenters. The molecule has 0 atom stereocenters. The highest BCUT2D eigenvalue weighted by molar-refractivity contribution is 5.81. The summed E-state index contributed by atoms with van der Waals surface area (Å²) in [7, 11) is 3.27. The molecule has 1 aliphatic rings. The fourth-order valence-corrected chi connectivity index (χ4v) is 4.53. The minimum atomic E-state index is 0.606. The molecule has 0 bridgehead atoms. The van der Waals surface area contributed by atoms with Crippen LogP contribution >= 0.6 is 0 Å². The molecule has 1 N–H and O–H groups in total. The van der Waals surface area contributed by atoms with Gasteiger partial charge in [-0.25, -0.2) is 4.98 Å². The van der Waals surface area contributed by atoms with Gasteiger partial charge >= 0.3 is 0 Å². The van der Waals surface area contributed by atoms with Crippen molar-refractivity contribution < 1.29 is 13.9 Å². The summed E-state index contributed by atoms with van der Waals surface area (Å²) in [6.07, 6.45) is 8.45. The van der Waals surface area contributed by atoms with E-state index in [0.717, 1.165) is 34.2 Å². The summed E-state index contributed by atoms with van der Waals surface area (Å²) in [6, 6.07) is 10.5. The first-order chi connectivity index (χ1) is 15.2. The van der Waals surface area contributed by atoms with Crippen molar-refractivity contribution in [3.63, 3.8) is 0 Å². The minimum absolute atomic E-state index is 0.606. The van der Waals surface area contributed by atoms with E-state index < -0.39 is 0 Å². The number of ether oxygens (including phenoxy) is 2. The highest BCUT2D eigenvalue weighted by atomic mass is 16.5. The Kier molecular flexibility index (Phi) is 5.40. The van der Waals surface area contributed by atoms with Gasteiger partial charge < -0.3 is 23.8 Å². The topological polar surface area (TPSA) is 74.3 Å². The molecule has 2 aromatic heterocycles. The highest BCUT2D eigenvalue weighted by Gasteiger charge is 2.16. The van der Waals surface area contributed by atoms with Crippen LogP contribution in [-0.2, 0) is 6.54 Å². The maximum atomic E-state index is 5.99. The summed E-state index contributed by atoms with van der Waals surface area (Å²) < 4.78 is 18.9. The SMILES string of the molecule is COc1cc2ncn(Cc3cccc4oc(NCC5CCCCC5)nc34)c2cc1OC. The Balaban J connectivity index is 1.40. The third-order valence-corrected chi connectivity index (χ3v) is 6.24. The lowest BCUT2D eigenvalue weighted by atomic mass is 9.89. The number of fused-ring (bicyclic) bond motifs is 2. The molecule has 7 nitrogen and oxygen atoms in total. The Hall–Kier alpha value is -3.22. The highest BCUT2D eigenvalue weighted by Crippen LogP contribution is 2.32. The summed E-state index contributed by atoms with van der Waals surface area (Å²) in [5, 5.41) is 3.42. The van der Waals surface area contributed by atoms with Crippen LogP contribution in [0.4, 0.5) is 6.01 Å². The molecule has 0 spiro atoms. The average molecular weight is 421 g/mol. The van der Waals surface area contributed by atoms with Gasteiger partial charge in [0.25, 0.3) is 6.01 Å². The monoisotopic (exact) mass is 420 g/mol. The fourth-order valence-electron chi connectivity index (χ4n) is 4.53. The van der Waals surface area contributed by atoms with Crippen molar-refractivity contribution in [2.24, 2.45) is 5.92 Å². The predicted molar refractivity (Wildman–Crippen MR) is 121 cm³/mol. The molecule has 7 heteroatoms. The van der Waals surface area contributed by atoms with Crippen LogP contribution in [0.3, 0.4) is 0 Å². The number of hydrogen-bond donors (Lipinski definition) is 1. The zero-order valence-corrected chi connectivity index (χ0v) is 18.1.